The number of aliphatic hydroxyl groups excluding tert-OH is 1. The van der Waals surface area contributed by atoms with E-state index in [0.717, 1.165) is 10.9 Å². The summed E-state index contributed by atoms with van der Waals surface area (Å²) in [7, 11) is 0. The van der Waals surface area contributed by atoms with Gasteiger partial charge in [0.15, 0.2) is 5.96 Å². The summed E-state index contributed by atoms with van der Waals surface area (Å²) in [5, 5.41) is 34.3. The number of carbonyl (C=O) groups is 7. The summed E-state index contributed by atoms with van der Waals surface area (Å²) in [5.41, 5.74) is 19.0. The highest BCUT2D eigenvalue weighted by Crippen LogP contribution is 2.22. The van der Waals surface area contributed by atoms with E-state index in [0.29, 0.717) is 23.4 Å². The van der Waals surface area contributed by atoms with Crippen LogP contribution in [0.4, 0.5) is 0 Å². The van der Waals surface area contributed by atoms with Crippen molar-refractivity contribution < 1.29 is 38.7 Å². The number of likely N-dealkylation sites (tertiary alicyclic amines) is 1. The molecule has 1 fully saturated rings. The van der Waals surface area contributed by atoms with Gasteiger partial charge in [0.05, 0.1) is 30.1 Å². The van der Waals surface area contributed by atoms with E-state index < -0.39 is 89.7 Å². The predicted octanol–water partition coefficient (Wildman–Crippen LogP) is -3.47. The molecule has 24 heteroatoms. The van der Waals surface area contributed by atoms with Crippen molar-refractivity contribution in [1.29, 1.82) is 5.41 Å². The van der Waals surface area contributed by atoms with E-state index in [4.69, 9.17) is 22.6 Å². The Balaban J connectivity index is 1.37. The fraction of sp³-hybridized carbons (Fsp3) is 0.463. The highest BCUT2D eigenvalue weighted by molar-refractivity contribution is 5.98. The van der Waals surface area contributed by atoms with Gasteiger partial charge in [0.25, 0.3) is 0 Å². The van der Waals surface area contributed by atoms with E-state index >= 15 is 0 Å². The molecule has 3 aromatic heterocycles. The summed E-state index contributed by atoms with van der Waals surface area (Å²) < 4.78 is 0. The first-order valence-electron chi connectivity index (χ1n) is 21.2. The van der Waals surface area contributed by atoms with Crippen molar-refractivity contribution in [3.8, 4) is 0 Å². The average molecular weight is 903 g/mol. The summed E-state index contributed by atoms with van der Waals surface area (Å²) in [6.07, 6.45) is 6.88. The lowest BCUT2D eigenvalue weighted by atomic mass is 10.0. The van der Waals surface area contributed by atoms with E-state index in [1.54, 1.807) is 6.20 Å². The van der Waals surface area contributed by atoms with E-state index in [1.165, 1.54) is 43.8 Å². The number of amides is 7. The molecule has 1 aromatic carbocycles. The molecule has 350 valence electrons. The first-order chi connectivity index (χ1) is 31.0. The quantitative estimate of drug-likeness (QED) is 0.0196. The molecule has 0 unspecified atom stereocenters. The third kappa shape index (κ3) is 13.6. The number of nitrogens with zero attached hydrogens (tertiary/aromatic N) is 3. The van der Waals surface area contributed by atoms with Crippen molar-refractivity contribution in [2.24, 2.45) is 17.2 Å². The molecule has 5 rings (SSSR count). The van der Waals surface area contributed by atoms with Crippen LogP contribution in [0.3, 0.4) is 0 Å². The number of para-hydroxylation sites is 1. The second-order valence-electron chi connectivity index (χ2n) is 15.9. The smallest absolute Gasteiger partial charge is 0.245 e. The lowest BCUT2D eigenvalue weighted by Crippen LogP contribution is -2.60. The van der Waals surface area contributed by atoms with Crippen LogP contribution < -0.4 is 49.1 Å². The number of rotatable bonds is 23. The molecule has 0 aliphatic carbocycles. The molecule has 0 spiro atoms. The number of nitrogens with two attached hydrogens (primary N) is 3. The van der Waals surface area contributed by atoms with Crippen LogP contribution in [0.2, 0.25) is 0 Å². The Morgan fingerprint density at radius 1 is 0.815 bits per heavy atom. The topological polar surface area (TPSA) is 390 Å². The number of hydrogen-bond acceptors (Lipinski definition) is 12. The molecular weight excluding hydrogens is 845 g/mol. The Morgan fingerprint density at radius 3 is 1.98 bits per heavy atom. The fourth-order valence-corrected chi connectivity index (χ4v) is 7.35. The molecule has 65 heavy (non-hydrogen) atoms. The number of carbonyl (C=O) groups excluding carboxylic acids is 7. The van der Waals surface area contributed by atoms with Gasteiger partial charge in [-0.2, -0.15) is 0 Å². The van der Waals surface area contributed by atoms with Gasteiger partial charge in [0.1, 0.15) is 42.3 Å². The minimum absolute atomic E-state index is 0.00440. The molecule has 4 aromatic rings. The van der Waals surface area contributed by atoms with Gasteiger partial charge in [-0.15, -0.1) is 0 Å². The van der Waals surface area contributed by atoms with E-state index in [9.17, 15) is 38.7 Å². The van der Waals surface area contributed by atoms with Gasteiger partial charge in [-0.3, -0.25) is 39.0 Å². The second-order valence-corrected chi connectivity index (χ2v) is 15.9. The molecule has 1 saturated heterocycles. The number of fused-ring (bicyclic) bond motifs is 1. The Hall–Kier alpha value is -7.34. The number of guanidine groups is 1. The molecule has 1 aliphatic heterocycles. The van der Waals surface area contributed by atoms with Gasteiger partial charge >= 0.3 is 0 Å². The summed E-state index contributed by atoms with van der Waals surface area (Å²) in [5.74, 6) is -5.47. The van der Waals surface area contributed by atoms with Crippen LogP contribution in [0.25, 0.3) is 10.9 Å². The molecule has 8 atom stereocenters. The van der Waals surface area contributed by atoms with Crippen LogP contribution >= 0.6 is 0 Å². The van der Waals surface area contributed by atoms with Crippen LogP contribution in [-0.2, 0) is 52.8 Å². The molecule has 24 nitrogen and oxygen atoms in total. The van der Waals surface area contributed by atoms with Crippen molar-refractivity contribution in [1.82, 2.24) is 61.7 Å². The van der Waals surface area contributed by atoms with Crippen LogP contribution in [0.15, 0.2) is 55.5 Å². The maximum atomic E-state index is 14.6. The molecule has 17 N–H and O–H groups in total. The molecule has 4 heterocycles. The Kier molecular flexibility index (Phi) is 17.1. The Bertz CT molecular complexity index is 2280. The highest BCUT2D eigenvalue weighted by atomic mass is 16.3. The third-order valence-corrected chi connectivity index (χ3v) is 11.0. The number of aromatic amines is 3. The van der Waals surface area contributed by atoms with Crippen molar-refractivity contribution in [3.63, 3.8) is 0 Å². The third-order valence-electron chi connectivity index (χ3n) is 11.0. The summed E-state index contributed by atoms with van der Waals surface area (Å²) in [6.45, 7) is 3.02. The zero-order valence-corrected chi connectivity index (χ0v) is 36.1. The number of aromatic nitrogens is 5. The van der Waals surface area contributed by atoms with Gasteiger partial charge in [0.2, 0.25) is 41.4 Å². The number of aliphatic hydroxyl groups is 1. The maximum Gasteiger partial charge on any atom is 0.245 e. The van der Waals surface area contributed by atoms with E-state index in [2.05, 4.69) is 56.8 Å². The number of H-pyrrole nitrogens is 3. The number of nitrogens with one attached hydrogen (secondary N) is 10. The number of imidazole rings is 2. The first-order valence-corrected chi connectivity index (χ1v) is 21.2. The molecular formula is C41H58N16O8. The zero-order chi connectivity index (χ0) is 47.2. The lowest BCUT2D eigenvalue weighted by Gasteiger charge is -2.31. The molecule has 0 radical (unpaired) electrons. The van der Waals surface area contributed by atoms with Gasteiger partial charge in [-0.1, -0.05) is 18.2 Å². The second kappa shape index (κ2) is 22.8. The number of hydrogen-bond donors (Lipinski definition) is 14. The van der Waals surface area contributed by atoms with E-state index in [-0.39, 0.29) is 57.6 Å². The molecule has 0 saturated carbocycles. The largest absolute Gasteiger partial charge is 0.391 e. The van der Waals surface area contributed by atoms with Crippen LogP contribution in [-0.4, -0.2) is 144 Å². The van der Waals surface area contributed by atoms with Crippen molar-refractivity contribution in [3.05, 3.63) is 72.5 Å². The van der Waals surface area contributed by atoms with Crippen molar-refractivity contribution in [2.75, 3.05) is 13.1 Å². The van der Waals surface area contributed by atoms with Crippen molar-refractivity contribution >= 4 is 58.2 Å². The van der Waals surface area contributed by atoms with Crippen LogP contribution in [0, 0.1) is 5.41 Å². The lowest BCUT2D eigenvalue weighted by molar-refractivity contribution is -0.142. The van der Waals surface area contributed by atoms with E-state index in [1.807, 2.05) is 24.3 Å². The number of primary amides is 1. The minimum Gasteiger partial charge on any atom is -0.391 e. The van der Waals surface area contributed by atoms with Gasteiger partial charge in [-0.05, 0) is 51.2 Å². The van der Waals surface area contributed by atoms with Gasteiger partial charge < -0.3 is 74.1 Å². The summed E-state index contributed by atoms with van der Waals surface area (Å²) >= 11 is 0. The van der Waals surface area contributed by atoms with Gasteiger partial charge in [-0.25, -0.2) is 9.97 Å². The molecule has 1 aliphatic rings. The standard InChI is InChI=1S/C41H58N16O8/c1-21(34(43)59)52-35(60)29(13-23-16-49-27-8-4-3-7-26(23)27)55-38(63)32-10-6-12-57(32)40(65)28(9-5-11-48-41(44)45)53-36(61)30(14-24-17-46-19-50-24)54-37(62)31(15-25-18-47-20-51-25)56-39(64)33(42)22(2)58/h3-4,7-8,16-22,28-33,49,58H,5-6,9-15,42H2,1-2H3,(H2,43,59)(H,46,50)(H,47,51)(H,52,60)(H,53,61)(H,54,62)(H,55,63)(H,56,64)(H4,44,45,48)/t21-,22+,28-,29-,30-,31-,32-,33-/m0/s1. The number of benzene rings is 1. The summed E-state index contributed by atoms with van der Waals surface area (Å²) in [6, 6.07) is -1.23. The Morgan fingerprint density at radius 2 is 1.40 bits per heavy atom. The minimum atomic E-state index is -1.37. The Labute approximate surface area is 373 Å². The van der Waals surface area contributed by atoms with Gasteiger partial charge in [0, 0.05) is 61.8 Å². The predicted molar refractivity (Wildman–Crippen MR) is 235 cm³/mol. The van der Waals surface area contributed by atoms with Crippen molar-refractivity contribution in [2.45, 2.75) is 107 Å². The normalized spacial score (nSPS) is 16.8. The van der Waals surface area contributed by atoms with Crippen LogP contribution in [0.5, 0.6) is 0 Å². The average Bonchev–Trinajstić information content (AvgIpc) is 4.12. The maximum absolute atomic E-state index is 14.6. The fourth-order valence-electron chi connectivity index (χ4n) is 7.35. The first kappa shape index (κ1) is 48.7. The molecule has 7 amide bonds. The molecule has 0 bridgehead atoms. The summed E-state index contributed by atoms with van der Waals surface area (Å²) in [4.78, 5) is 114. The monoisotopic (exact) mass is 902 g/mol. The SMILES string of the molecule is C[C@H](NC(=O)[C@H](Cc1c[nH]c2ccccc12)NC(=O)[C@@H]1CCCN1C(=O)[C@H](CCCNC(=N)N)NC(=O)[C@H](Cc1c[nH]cn1)NC(=O)[C@H](Cc1c[nH]cn1)NC(=O)[C@@H](N)[C@@H](C)O)C(N)=O. The highest BCUT2D eigenvalue weighted by Gasteiger charge is 2.40. The van der Waals surface area contributed by atoms with Crippen LogP contribution in [0.1, 0.15) is 56.5 Å². The zero-order valence-electron chi connectivity index (χ0n) is 36.1.